The smallest absolute Gasteiger partial charge is 0.259 e. The number of anilines is 1. The molecule has 168 valence electrons. The Labute approximate surface area is 186 Å². The number of amides is 2. The number of carbonyl (C=O) groups excluding carboxylic acids is 2. The summed E-state index contributed by atoms with van der Waals surface area (Å²) in [5.74, 6) is 0.491. The van der Waals surface area contributed by atoms with Gasteiger partial charge in [0.2, 0.25) is 5.91 Å². The van der Waals surface area contributed by atoms with Crippen LogP contribution in [0, 0.1) is 12.8 Å². The normalized spacial score (nSPS) is 14.7. The van der Waals surface area contributed by atoms with E-state index in [2.05, 4.69) is 15.5 Å². The molecule has 2 amide bonds. The summed E-state index contributed by atoms with van der Waals surface area (Å²) in [4.78, 5) is 32.5. The fourth-order valence-electron chi connectivity index (χ4n) is 4.08. The number of carbonyl (C=O) groups is 2. The lowest BCUT2D eigenvalue weighted by Crippen LogP contribution is -2.41. The molecule has 8 heteroatoms. The minimum atomic E-state index is -0.162. The first-order valence-corrected chi connectivity index (χ1v) is 10.9. The van der Waals surface area contributed by atoms with E-state index in [9.17, 15) is 9.59 Å². The summed E-state index contributed by atoms with van der Waals surface area (Å²) in [6.45, 7) is 6.88. The molecular formula is C24H28N4O4. The van der Waals surface area contributed by atoms with Crippen LogP contribution in [0.5, 0.6) is 5.75 Å². The van der Waals surface area contributed by atoms with Crippen LogP contribution in [0.1, 0.15) is 54.4 Å². The summed E-state index contributed by atoms with van der Waals surface area (Å²) in [6, 6.07) is 9.19. The average molecular weight is 437 g/mol. The van der Waals surface area contributed by atoms with E-state index in [-0.39, 0.29) is 23.7 Å². The summed E-state index contributed by atoms with van der Waals surface area (Å²) in [6.07, 6.45) is 1.20. The minimum absolute atomic E-state index is 0.0510. The predicted octanol–water partition coefficient (Wildman–Crippen LogP) is 4.15. The van der Waals surface area contributed by atoms with E-state index < -0.39 is 0 Å². The number of rotatable bonds is 5. The second-order valence-corrected chi connectivity index (χ2v) is 8.45. The number of piperidine rings is 1. The van der Waals surface area contributed by atoms with Crippen molar-refractivity contribution in [2.75, 3.05) is 25.5 Å². The summed E-state index contributed by atoms with van der Waals surface area (Å²) < 4.78 is 10.7. The van der Waals surface area contributed by atoms with Gasteiger partial charge in [0.1, 0.15) is 5.75 Å². The molecule has 0 saturated carbocycles. The largest absolute Gasteiger partial charge is 0.495 e. The Morgan fingerprint density at radius 3 is 2.62 bits per heavy atom. The van der Waals surface area contributed by atoms with Gasteiger partial charge in [0, 0.05) is 24.7 Å². The number of para-hydroxylation sites is 2. The molecule has 0 spiro atoms. The lowest BCUT2D eigenvalue weighted by atomic mass is 9.94. The van der Waals surface area contributed by atoms with Crippen LogP contribution in [0.4, 0.5) is 5.69 Å². The number of nitrogens with one attached hydrogen (secondary N) is 1. The molecule has 8 nitrogen and oxygen atoms in total. The zero-order chi connectivity index (χ0) is 22.8. The van der Waals surface area contributed by atoms with Gasteiger partial charge in [-0.25, -0.2) is 4.98 Å². The van der Waals surface area contributed by atoms with Gasteiger partial charge in [0.25, 0.3) is 11.6 Å². The van der Waals surface area contributed by atoms with E-state index in [1.807, 2.05) is 51.1 Å². The molecule has 4 rings (SSSR count). The average Bonchev–Trinajstić information content (AvgIpc) is 3.19. The molecule has 1 aromatic carbocycles. The van der Waals surface area contributed by atoms with Crippen molar-refractivity contribution < 1.29 is 18.8 Å². The number of aryl methyl sites for hydroxylation is 1. The van der Waals surface area contributed by atoms with Crippen molar-refractivity contribution in [3.05, 3.63) is 47.3 Å². The Hall–Kier alpha value is -3.42. The number of aromatic nitrogens is 2. The monoisotopic (exact) mass is 436 g/mol. The van der Waals surface area contributed by atoms with Crippen LogP contribution < -0.4 is 10.1 Å². The second kappa shape index (κ2) is 8.98. The molecule has 3 heterocycles. The summed E-state index contributed by atoms with van der Waals surface area (Å²) >= 11 is 0. The maximum Gasteiger partial charge on any atom is 0.259 e. The molecule has 0 unspecified atom stereocenters. The molecular weight excluding hydrogens is 408 g/mol. The van der Waals surface area contributed by atoms with Gasteiger partial charge in [0.05, 0.1) is 29.4 Å². The van der Waals surface area contributed by atoms with E-state index in [0.717, 1.165) is 5.69 Å². The molecule has 0 aliphatic carbocycles. The van der Waals surface area contributed by atoms with E-state index in [4.69, 9.17) is 9.26 Å². The highest BCUT2D eigenvalue weighted by Crippen LogP contribution is 2.29. The van der Waals surface area contributed by atoms with Gasteiger partial charge < -0.3 is 19.5 Å². The number of pyridine rings is 1. The topological polar surface area (TPSA) is 97.6 Å². The molecule has 1 N–H and O–H groups in total. The first kappa shape index (κ1) is 21.8. The molecule has 1 aliphatic heterocycles. The maximum absolute atomic E-state index is 13.4. The van der Waals surface area contributed by atoms with Crippen LogP contribution in [-0.4, -0.2) is 47.1 Å². The van der Waals surface area contributed by atoms with Crippen molar-refractivity contribution in [3.63, 3.8) is 0 Å². The minimum Gasteiger partial charge on any atom is -0.495 e. The quantitative estimate of drug-likeness (QED) is 0.645. The third kappa shape index (κ3) is 4.17. The molecule has 0 radical (unpaired) electrons. The molecule has 1 aliphatic rings. The van der Waals surface area contributed by atoms with Crippen LogP contribution >= 0.6 is 0 Å². The number of fused-ring (bicyclic) bond motifs is 1. The second-order valence-electron chi connectivity index (χ2n) is 8.45. The Morgan fingerprint density at radius 2 is 1.94 bits per heavy atom. The number of nitrogens with zero attached hydrogens (tertiary/aromatic N) is 3. The van der Waals surface area contributed by atoms with Crippen LogP contribution in [0.2, 0.25) is 0 Å². The molecule has 32 heavy (non-hydrogen) atoms. The van der Waals surface area contributed by atoms with Crippen LogP contribution in [0.3, 0.4) is 0 Å². The fourth-order valence-corrected chi connectivity index (χ4v) is 4.08. The van der Waals surface area contributed by atoms with Gasteiger partial charge in [0.15, 0.2) is 0 Å². The number of hydrogen-bond donors (Lipinski definition) is 1. The standard InChI is InChI=1S/C24H28N4O4/c1-14(2)19-13-17(21-15(3)27-32-23(21)26-19)24(30)28-11-9-16(10-12-28)22(29)25-18-7-5-6-8-20(18)31-4/h5-8,13-14,16H,9-12H2,1-4H3,(H,25,29). The van der Waals surface area contributed by atoms with Crippen LogP contribution in [0.15, 0.2) is 34.9 Å². The van der Waals surface area contributed by atoms with E-state index in [1.165, 1.54) is 0 Å². The zero-order valence-electron chi connectivity index (χ0n) is 18.8. The van der Waals surface area contributed by atoms with Crippen molar-refractivity contribution in [3.8, 4) is 5.75 Å². The zero-order valence-corrected chi connectivity index (χ0v) is 18.8. The van der Waals surface area contributed by atoms with Crippen molar-refractivity contribution in [2.45, 2.75) is 39.5 Å². The SMILES string of the molecule is COc1ccccc1NC(=O)C1CCN(C(=O)c2cc(C(C)C)nc3onc(C)c23)CC1. The Kier molecular flexibility index (Phi) is 6.12. The van der Waals surface area contributed by atoms with Gasteiger partial charge in [-0.05, 0) is 43.9 Å². The lowest BCUT2D eigenvalue weighted by molar-refractivity contribution is -0.121. The Balaban J connectivity index is 1.47. The number of ether oxygens (including phenoxy) is 1. The van der Waals surface area contributed by atoms with Gasteiger partial charge in [-0.3, -0.25) is 9.59 Å². The van der Waals surface area contributed by atoms with Gasteiger partial charge in [-0.1, -0.05) is 31.1 Å². The highest BCUT2D eigenvalue weighted by atomic mass is 16.5. The van der Waals surface area contributed by atoms with Gasteiger partial charge in [-0.15, -0.1) is 0 Å². The van der Waals surface area contributed by atoms with Gasteiger partial charge in [-0.2, -0.15) is 0 Å². The van der Waals surface area contributed by atoms with Crippen molar-refractivity contribution in [1.82, 2.24) is 15.0 Å². The summed E-state index contributed by atoms with van der Waals surface area (Å²) in [7, 11) is 1.58. The fraction of sp³-hybridized carbons (Fsp3) is 0.417. The van der Waals surface area contributed by atoms with Crippen molar-refractivity contribution in [1.29, 1.82) is 0 Å². The highest BCUT2D eigenvalue weighted by Gasteiger charge is 2.30. The molecule has 3 aromatic rings. The Bertz CT molecular complexity index is 1150. The molecule has 1 saturated heterocycles. The van der Waals surface area contributed by atoms with E-state index in [0.29, 0.717) is 59.7 Å². The Morgan fingerprint density at radius 1 is 1.22 bits per heavy atom. The molecule has 0 bridgehead atoms. The van der Waals surface area contributed by atoms with E-state index in [1.54, 1.807) is 12.0 Å². The number of methoxy groups -OCH3 is 1. The van der Waals surface area contributed by atoms with Crippen molar-refractivity contribution >= 4 is 28.6 Å². The van der Waals surface area contributed by atoms with Crippen LogP contribution in [-0.2, 0) is 4.79 Å². The predicted molar refractivity (Wildman–Crippen MR) is 121 cm³/mol. The number of hydrogen-bond acceptors (Lipinski definition) is 6. The van der Waals surface area contributed by atoms with Crippen molar-refractivity contribution in [2.24, 2.45) is 5.92 Å². The summed E-state index contributed by atoms with van der Waals surface area (Å²) in [5, 5.41) is 7.62. The highest BCUT2D eigenvalue weighted by molar-refractivity contribution is 6.06. The van der Waals surface area contributed by atoms with Crippen LogP contribution in [0.25, 0.3) is 11.1 Å². The number of likely N-dealkylation sites (tertiary alicyclic amines) is 1. The molecule has 0 atom stereocenters. The first-order valence-electron chi connectivity index (χ1n) is 10.9. The molecule has 2 aromatic heterocycles. The number of benzene rings is 1. The summed E-state index contributed by atoms with van der Waals surface area (Å²) in [5.41, 5.74) is 3.06. The maximum atomic E-state index is 13.4. The first-order chi connectivity index (χ1) is 15.4. The molecule has 1 fully saturated rings. The third-order valence-electron chi connectivity index (χ3n) is 5.98. The third-order valence-corrected chi connectivity index (χ3v) is 5.98. The van der Waals surface area contributed by atoms with E-state index >= 15 is 0 Å². The lowest BCUT2D eigenvalue weighted by Gasteiger charge is -2.31. The van der Waals surface area contributed by atoms with Gasteiger partial charge >= 0.3 is 0 Å².